The number of pyridine rings is 1. The Bertz CT molecular complexity index is 1030. The summed E-state index contributed by atoms with van der Waals surface area (Å²) >= 11 is 0. The Balaban J connectivity index is 1.55. The number of anilines is 1. The van der Waals surface area contributed by atoms with Crippen molar-refractivity contribution >= 4 is 11.7 Å². The zero-order valence-electron chi connectivity index (χ0n) is 16.1. The molecule has 148 valence electrons. The first-order valence-electron chi connectivity index (χ1n) is 9.48. The van der Waals surface area contributed by atoms with Crippen LogP contribution in [0.1, 0.15) is 28.3 Å². The first kappa shape index (κ1) is 18.8. The van der Waals surface area contributed by atoms with Crippen LogP contribution in [0.25, 0.3) is 11.1 Å². The summed E-state index contributed by atoms with van der Waals surface area (Å²) < 4.78 is 10.7. The molecule has 1 atom stereocenters. The van der Waals surface area contributed by atoms with Crippen molar-refractivity contribution in [2.24, 2.45) is 0 Å². The number of nitrogens with zero attached hydrogens (tertiary/aromatic N) is 1. The average Bonchev–Trinajstić information content (AvgIpc) is 2.77. The molecule has 1 aliphatic rings. The van der Waals surface area contributed by atoms with Crippen molar-refractivity contribution < 1.29 is 19.4 Å². The van der Waals surface area contributed by atoms with E-state index in [1.807, 2.05) is 30.3 Å². The number of benzene rings is 2. The highest BCUT2D eigenvalue weighted by Crippen LogP contribution is 2.38. The number of nitrogens with one attached hydrogen (secondary N) is 1. The fourth-order valence-corrected chi connectivity index (χ4v) is 3.62. The van der Waals surface area contributed by atoms with Crippen LogP contribution < -0.4 is 10.1 Å². The van der Waals surface area contributed by atoms with Gasteiger partial charge in [-0.15, -0.1) is 0 Å². The standard InChI is InChI=1S/C23H22N2O4/c1-28-23(27)19-8-10-24-14-20(19)25-13-16-9-11-29-22-12-15(6-7-18(16)22)17-4-2-3-5-21(17)26/h2-8,10,12,14,16,25-26H,9,11,13H2,1H3/t16-/m0/s1. The first-order chi connectivity index (χ1) is 14.2. The number of carbonyl (C=O) groups excluding carboxylic acids is 1. The van der Waals surface area contributed by atoms with Gasteiger partial charge in [-0.2, -0.15) is 0 Å². The number of methoxy groups -OCH3 is 1. The summed E-state index contributed by atoms with van der Waals surface area (Å²) in [5, 5.41) is 13.5. The first-order valence-corrected chi connectivity index (χ1v) is 9.48. The van der Waals surface area contributed by atoms with E-state index in [0.717, 1.165) is 28.9 Å². The van der Waals surface area contributed by atoms with Crippen molar-refractivity contribution in [2.75, 3.05) is 25.6 Å². The number of esters is 1. The Morgan fingerprint density at radius 1 is 1.28 bits per heavy atom. The number of rotatable bonds is 5. The van der Waals surface area contributed by atoms with Crippen LogP contribution in [-0.4, -0.2) is 36.3 Å². The molecule has 0 unspecified atom stereocenters. The molecular formula is C23H22N2O4. The van der Waals surface area contributed by atoms with Gasteiger partial charge in [-0.25, -0.2) is 4.79 Å². The van der Waals surface area contributed by atoms with E-state index < -0.39 is 5.97 Å². The molecule has 0 fully saturated rings. The van der Waals surface area contributed by atoms with Gasteiger partial charge in [0.1, 0.15) is 11.5 Å². The molecule has 0 radical (unpaired) electrons. The Labute approximate surface area is 169 Å². The highest BCUT2D eigenvalue weighted by molar-refractivity contribution is 5.95. The normalized spacial score (nSPS) is 15.1. The lowest BCUT2D eigenvalue weighted by Crippen LogP contribution is -2.21. The number of aromatic hydroxyl groups is 1. The smallest absolute Gasteiger partial charge is 0.340 e. The molecule has 2 aromatic carbocycles. The second-order valence-electron chi connectivity index (χ2n) is 6.90. The number of ether oxygens (including phenoxy) is 2. The summed E-state index contributed by atoms with van der Waals surface area (Å²) in [6, 6.07) is 14.9. The topological polar surface area (TPSA) is 80.7 Å². The number of para-hydroxylation sites is 1. The number of carbonyl (C=O) groups is 1. The highest BCUT2D eigenvalue weighted by atomic mass is 16.5. The SMILES string of the molecule is COC(=O)c1ccncc1NC[C@@H]1CCOc2cc(-c3ccccc3O)ccc21. The molecule has 0 aliphatic carbocycles. The second-order valence-corrected chi connectivity index (χ2v) is 6.90. The molecule has 0 bridgehead atoms. The lowest BCUT2D eigenvalue weighted by atomic mass is 9.90. The second kappa shape index (κ2) is 8.22. The van der Waals surface area contributed by atoms with Crippen molar-refractivity contribution in [3.63, 3.8) is 0 Å². The monoisotopic (exact) mass is 390 g/mol. The molecule has 0 amide bonds. The summed E-state index contributed by atoms with van der Waals surface area (Å²) in [5.74, 6) is 0.897. The molecular weight excluding hydrogens is 368 g/mol. The van der Waals surface area contributed by atoms with Gasteiger partial charge in [0, 0.05) is 24.2 Å². The van der Waals surface area contributed by atoms with Crippen molar-refractivity contribution in [1.29, 1.82) is 0 Å². The molecule has 1 aromatic heterocycles. The largest absolute Gasteiger partial charge is 0.507 e. The number of fused-ring (bicyclic) bond motifs is 1. The van der Waals surface area contributed by atoms with Crippen LogP contribution in [0.15, 0.2) is 60.9 Å². The number of phenolic OH excluding ortho intramolecular Hbond substituents is 1. The summed E-state index contributed by atoms with van der Waals surface area (Å²) in [6.07, 6.45) is 4.07. The Morgan fingerprint density at radius 2 is 2.14 bits per heavy atom. The maximum Gasteiger partial charge on any atom is 0.340 e. The van der Waals surface area contributed by atoms with Crippen LogP contribution in [0.3, 0.4) is 0 Å². The van der Waals surface area contributed by atoms with E-state index in [9.17, 15) is 9.90 Å². The van der Waals surface area contributed by atoms with Gasteiger partial charge in [-0.3, -0.25) is 4.98 Å². The van der Waals surface area contributed by atoms with E-state index in [2.05, 4.69) is 10.3 Å². The van der Waals surface area contributed by atoms with Gasteiger partial charge in [0.15, 0.2) is 0 Å². The van der Waals surface area contributed by atoms with Crippen molar-refractivity contribution in [1.82, 2.24) is 4.98 Å². The molecule has 6 heteroatoms. The summed E-state index contributed by atoms with van der Waals surface area (Å²) in [5.41, 5.74) is 3.90. The van der Waals surface area contributed by atoms with Crippen molar-refractivity contribution in [3.8, 4) is 22.6 Å². The maximum absolute atomic E-state index is 12.0. The molecule has 4 rings (SSSR count). The lowest BCUT2D eigenvalue weighted by molar-refractivity contribution is 0.0601. The van der Waals surface area contributed by atoms with Gasteiger partial charge in [-0.05, 0) is 35.7 Å². The molecule has 0 saturated heterocycles. The van der Waals surface area contributed by atoms with Crippen molar-refractivity contribution in [3.05, 3.63) is 72.1 Å². The van der Waals surface area contributed by atoms with E-state index in [-0.39, 0.29) is 11.7 Å². The average molecular weight is 390 g/mol. The summed E-state index contributed by atoms with van der Waals surface area (Å²) in [4.78, 5) is 16.1. The van der Waals surface area contributed by atoms with Crippen LogP contribution in [0, 0.1) is 0 Å². The predicted molar refractivity (Wildman–Crippen MR) is 110 cm³/mol. The predicted octanol–water partition coefficient (Wildman–Crippen LogP) is 4.22. The Morgan fingerprint density at radius 3 is 2.97 bits per heavy atom. The number of hydrogen-bond donors (Lipinski definition) is 2. The fourth-order valence-electron chi connectivity index (χ4n) is 3.62. The third kappa shape index (κ3) is 3.87. The van der Waals surface area contributed by atoms with Crippen LogP contribution >= 0.6 is 0 Å². The van der Waals surface area contributed by atoms with Gasteiger partial charge in [0.2, 0.25) is 0 Å². The van der Waals surface area contributed by atoms with Crippen molar-refractivity contribution in [2.45, 2.75) is 12.3 Å². The van der Waals surface area contributed by atoms with Crippen LogP contribution in [0.2, 0.25) is 0 Å². The number of phenols is 1. The summed E-state index contributed by atoms with van der Waals surface area (Å²) in [7, 11) is 1.36. The van der Waals surface area contributed by atoms with E-state index >= 15 is 0 Å². The maximum atomic E-state index is 12.0. The zero-order valence-corrected chi connectivity index (χ0v) is 16.1. The molecule has 0 spiro atoms. The highest BCUT2D eigenvalue weighted by Gasteiger charge is 2.23. The Kier molecular flexibility index (Phi) is 5.33. The van der Waals surface area contributed by atoms with Gasteiger partial charge in [0.25, 0.3) is 0 Å². The molecule has 1 aliphatic heterocycles. The molecule has 29 heavy (non-hydrogen) atoms. The van der Waals surface area contributed by atoms with Gasteiger partial charge in [0.05, 0.1) is 31.2 Å². The quantitative estimate of drug-likeness (QED) is 0.635. The fraction of sp³-hybridized carbons (Fsp3) is 0.217. The lowest BCUT2D eigenvalue weighted by Gasteiger charge is -2.27. The molecule has 2 N–H and O–H groups in total. The van der Waals surface area contributed by atoms with Crippen LogP contribution in [-0.2, 0) is 4.74 Å². The van der Waals surface area contributed by atoms with Gasteiger partial charge in [-0.1, -0.05) is 30.3 Å². The third-order valence-corrected chi connectivity index (χ3v) is 5.16. The minimum Gasteiger partial charge on any atom is -0.507 e. The van der Waals surface area contributed by atoms with Crippen LogP contribution in [0.4, 0.5) is 5.69 Å². The number of hydrogen-bond acceptors (Lipinski definition) is 6. The van der Waals surface area contributed by atoms with E-state index in [0.29, 0.717) is 24.4 Å². The third-order valence-electron chi connectivity index (χ3n) is 5.16. The van der Waals surface area contributed by atoms with Gasteiger partial charge < -0.3 is 19.9 Å². The molecule has 0 saturated carbocycles. The van der Waals surface area contributed by atoms with E-state index in [1.54, 1.807) is 30.6 Å². The molecule has 2 heterocycles. The number of aromatic nitrogens is 1. The zero-order chi connectivity index (χ0) is 20.2. The minimum atomic E-state index is -0.394. The van der Waals surface area contributed by atoms with E-state index in [4.69, 9.17) is 9.47 Å². The van der Waals surface area contributed by atoms with Gasteiger partial charge >= 0.3 is 5.97 Å². The van der Waals surface area contributed by atoms with Crippen LogP contribution in [0.5, 0.6) is 11.5 Å². The molecule has 3 aromatic rings. The van der Waals surface area contributed by atoms with E-state index in [1.165, 1.54) is 7.11 Å². The summed E-state index contributed by atoms with van der Waals surface area (Å²) in [6.45, 7) is 1.25. The Hall–Kier alpha value is -3.54. The molecule has 6 nitrogen and oxygen atoms in total. The minimum absolute atomic E-state index is 0.225.